The lowest BCUT2D eigenvalue weighted by Crippen LogP contribution is -2.18. The molecule has 24 heavy (non-hydrogen) atoms. The van der Waals surface area contributed by atoms with Crippen LogP contribution in [0.15, 0.2) is 54.6 Å². The molecule has 2 aromatic rings. The van der Waals surface area contributed by atoms with Gasteiger partial charge in [-0.05, 0) is 55.2 Å². The van der Waals surface area contributed by atoms with E-state index in [0.29, 0.717) is 6.42 Å². The molecule has 0 saturated heterocycles. The molecule has 3 N–H and O–H groups in total. The minimum atomic E-state index is -0.710. The van der Waals surface area contributed by atoms with Crippen LogP contribution >= 0.6 is 0 Å². The number of nitrogens with two attached hydrogens (primary N) is 1. The average Bonchev–Trinajstić information content (AvgIpc) is 2.60. The molecule has 0 aliphatic carbocycles. The van der Waals surface area contributed by atoms with Crippen LogP contribution in [-0.4, -0.2) is 11.3 Å². The second-order valence-corrected chi connectivity index (χ2v) is 6.49. The van der Waals surface area contributed by atoms with Gasteiger partial charge >= 0.3 is 0 Å². The highest BCUT2D eigenvalue weighted by Crippen LogP contribution is 2.29. The summed E-state index contributed by atoms with van der Waals surface area (Å²) in [5.74, 6) is 1.45. The molecule has 0 saturated carbocycles. The molecular formula is C22H30NO. The van der Waals surface area contributed by atoms with E-state index in [4.69, 9.17) is 5.73 Å². The Bertz CT molecular complexity index is 580. The van der Waals surface area contributed by atoms with Crippen molar-refractivity contribution in [2.45, 2.75) is 58.1 Å². The van der Waals surface area contributed by atoms with Crippen LogP contribution in [0.1, 0.15) is 55.7 Å². The summed E-state index contributed by atoms with van der Waals surface area (Å²) >= 11 is 0. The fourth-order valence-electron chi connectivity index (χ4n) is 3.14. The first-order valence-corrected chi connectivity index (χ1v) is 9.11. The van der Waals surface area contributed by atoms with Crippen LogP contribution in [0.4, 0.5) is 0 Å². The summed E-state index contributed by atoms with van der Waals surface area (Å²) in [5, 5.41) is 9.36. The van der Waals surface area contributed by atoms with E-state index in [1.165, 1.54) is 35.4 Å². The Kier molecular flexibility index (Phi) is 8.00. The molecule has 129 valence electrons. The molecule has 1 atom stereocenters. The molecule has 0 fully saturated rings. The van der Waals surface area contributed by atoms with Gasteiger partial charge in [0, 0.05) is 5.92 Å². The molecule has 1 unspecified atom stereocenters. The number of hydrogen-bond acceptors (Lipinski definition) is 2. The van der Waals surface area contributed by atoms with Gasteiger partial charge in [-0.25, -0.2) is 0 Å². The number of rotatable bonds is 10. The minimum Gasteiger partial charge on any atom is -0.379 e. The highest BCUT2D eigenvalue weighted by molar-refractivity contribution is 5.41. The van der Waals surface area contributed by atoms with Crippen LogP contribution in [0.25, 0.3) is 0 Å². The monoisotopic (exact) mass is 324 g/mol. The van der Waals surface area contributed by atoms with Crippen molar-refractivity contribution in [1.29, 1.82) is 0 Å². The first kappa shape index (κ1) is 18.7. The topological polar surface area (TPSA) is 46.2 Å². The summed E-state index contributed by atoms with van der Waals surface area (Å²) in [7, 11) is 0. The van der Waals surface area contributed by atoms with Gasteiger partial charge < -0.3 is 10.8 Å². The third-order valence-corrected chi connectivity index (χ3v) is 4.44. The summed E-state index contributed by atoms with van der Waals surface area (Å²) in [6.07, 6.45) is 6.36. The molecule has 2 nitrogen and oxygen atoms in total. The molecule has 0 aliphatic rings. The van der Waals surface area contributed by atoms with E-state index >= 15 is 0 Å². The fourth-order valence-corrected chi connectivity index (χ4v) is 3.14. The third-order valence-electron chi connectivity index (χ3n) is 4.44. The lowest BCUT2D eigenvalue weighted by atomic mass is 9.84. The Morgan fingerprint density at radius 2 is 1.71 bits per heavy atom. The van der Waals surface area contributed by atoms with Crippen molar-refractivity contribution in [1.82, 2.24) is 0 Å². The maximum absolute atomic E-state index is 9.36. The van der Waals surface area contributed by atoms with Crippen molar-refractivity contribution < 1.29 is 5.11 Å². The molecule has 0 aliphatic heterocycles. The van der Waals surface area contributed by atoms with Crippen molar-refractivity contribution in [2.24, 2.45) is 5.73 Å². The zero-order chi connectivity index (χ0) is 17.2. The quantitative estimate of drug-likeness (QED) is 0.625. The van der Waals surface area contributed by atoms with Crippen molar-refractivity contribution in [3.8, 4) is 0 Å². The highest BCUT2D eigenvalue weighted by Gasteiger charge is 2.16. The second kappa shape index (κ2) is 10.3. The zero-order valence-electron chi connectivity index (χ0n) is 14.7. The van der Waals surface area contributed by atoms with Crippen LogP contribution in [0.3, 0.4) is 0 Å². The number of aliphatic hydroxyl groups is 1. The summed E-state index contributed by atoms with van der Waals surface area (Å²) in [5.41, 5.74) is 9.68. The Balaban J connectivity index is 2.17. The molecule has 2 rings (SSSR count). The molecule has 0 bridgehead atoms. The van der Waals surface area contributed by atoms with Gasteiger partial charge in [0.2, 0.25) is 0 Å². The summed E-state index contributed by atoms with van der Waals surface area (Å²) < 4.78 is 0. The normalized spacial score (nSPS) is 12.5. The second-order valence-electron chi connectivity index (χ2n) is 6.49. The van der Waals surface area contributed by atoms with Crippen molar-refractivity contribution in [3.05, 3.63) is 77.2 Å². The molecule has 1 radical (unpaired) electrons. The fraction of sp³-hybridized carbons (Fsp3) is 0.409. The Morgan fingerprint density at radius 1 is 1.00 bits per heavy atom. The van der Waals surface area contributed by atoms with E-state index in [0.717, 1.165) is 25.7 Å². The minimum absolute atomic E-state index is 0.648. The zero-order valence-corrected chi connectivity index (χ0v) is 14.7. The number of unbranched alkanes of at least 4 members (excludes halogenated alkanes) is 1. The van der Waals surface area contributed by atoms with E-state index in [9.17, 15) is 5.11 Å². The van der Waals surface area contributed by atoms with Gasteiger partial charge in [-0.15, -0.1) is 0 Å². The van der Waals surface area contributed by atoms with E-state index in [1.807, 2.05) is 0 Å². The van der Waals surface area contributed by atoms with Gasteiger partial charge in [0.15, 0.2) is 0 Å². The Labute approximate surface area is 146 Å². The van der Waals surface area contributed by atoms with Gasteiger partial charge in [0.25, 0.3) is 0 Å². The predicted molar refractivity (Wildman–Crippen MR) is 102 cm³/mol. The maximum Gasteiger partial charge on any atom is 0.102 e. The molecule has 2 aromatic carbocycles. The van der Waals surface area contributed by atoms with Gasteiger partial charge in [-0.1, -0.05) is 67.9 Å². The third kappa shape index (κ3) is 6.10. The number of aliphatic hydroxyl groups excluding tert-OH is 1. The molecule has 0 aromatic heterocycles. The summed E-state index contributed by atoms with van der Waals surface area (Å²) in [6, 6.07) is 19.4. The molecule has 0 spiro atoms. The van der Waals surface area contributed by atoms with Gasteiger partial charge in [-0.3, -0.25) is 0 Å². The lowest BCUT2D eigenvalue weighted by molar-refractivity contribution is 0.169. The van der Waals surface area contributed by atoms with Gasteiger partial charge in [0.1, 0.15) is 6.23 Å². The smallest absolute Gasteiger partial charge is 0.102 e. The Hall–Kier alpha value is -1.64. The van der Waals surface area contributed by atoms with Crippen LogP contribution in [0.5, 0.6) is 0 Å². The van der Waals surface area contributed by atoms with Crippen LogP contribution in [0.2, 0.25) is 0 Å². The molecule has 0 heterocycles. The van der Waals surface area contributed by atoms with E-state index < -0.39 is 6.23 Å². The first-order valence-electron chi connectivity index (χ1n) is 9.11. The van der Waals surface area contributed by atoms with Crippen molar-refractivity contribution in [3.63, 3.8) is 0 Å². The molecule has 2 heteroatoms. The van der Waals surface area contributed by atoms with Crippen molar-refractivity contribution >= 4 is 0 Å². The molecule has 0 amide bonds. The summed E-state index contributed by atoms with van der Waals surface area (Å²) in [6.45, 7) is 2.24. The Morgan fingerprint density at radius 3 is 2.42 bits per heavy atom. The standard InChI is InChI=1S/C22H30NO/c1-2-3-12-19-13-7-8-15-21(19)20(14-9-16-22(23)24)17-18-10-5-4-6-11-18/h4-8,10-11,13,15,22,24H,2-3,9,12,14,16-17,23H2,1H3. The van der Waals surface area contributed by atoms with Crippen LogP contribution in [0, 0.1) is 5.92 Å². The maximum atomic E-state index is 9.36. The predicted octanol–water partition coefficient (Wildman–Crippen LogP) is 4.64. The molecular weight excluding hydrogens is 294 g/mol. The largest absolute Gasteiger partial charge is 0.379 e. The van der Waals surface area contributed by atoms with Gasteiger partial charge in [0.05, 0.1) is 0 Å². The number of benzene rings is 2. The highest BCUT2D eigenvalue weighted by atomic mass is 16.3. The number of aryl methyl sites for hydroxylation is 1. The van der Waals surface area contributed by atoms with Crippen molar-refractivity contribution in [2.75, 3.05) is 0 Å². The van der Waals surface area contributed by atoms with E-state index in [1.54, 1.807) is 0 Å². The lowest BCUT2D eigenvalue weighted by Gasteiger charge is -2.21. The number of hydrogen-bond donors (Lipinski definition) is 2. The van der Waals surface area contributed by atoms with Crippen LogP contribution < -0.4 is 5.73 Å². The summed E-state index contributed by atoms with van der Waals surface area (Å²) in [4.78, 5) is 0. The average molecular weight is 324 g/mol. The van der Waals surface area contributed by atoms with E-state index in [2.05, 4.69) is 61.5 Å². The van der Waals surface area contributed by atoms with Gasteiger partial charge in [-0.2, -0.15) is 0 Å². The van der Waals surface area contributed by atoms with E-state index in [-0.39, 0.29) is 0 Å². The SMILES string of the molecule is CCCCc1ccccc1[C](CCCC(N)O)Cc1ccccc1. The van der Waals surface area contributed by atoms with Crippen LogP contribution in [-0.2, 0) is 12.8 Å². The first-order chi connectivity index (χ1) is 11.7.